The second-order valence-electron chi connectivity index (χ2n) is 7.44. The molecule has 1 atom stereocenters. The van der Waals surface area contributed by atoms with Crippen molar-refractivity contribution >= 4 is 22.6 Å². The van der Waals surface area contributed by atoms with Crippen LogP contribution < -0.4 is 5.32 Å². The van der Waals surface area contributed by atoms with Crippen molar-refractivity contribution in [1.29, 1.82) is 0 Å². The van der Waals surface area contributed by atoms with Crippen LogP contribution in [0.2, 0.25) is 0 Å². The second kappa shape index (κ2) is 8.45. The number of aliphatic hydroxyl groups excluding tert-OH is 1. The summed E-state index contributed by atoms with van der Waals surface area (Å²) in [6.07, 6.45) is 0.947. The standard InChI is InChI=1S/C24H24N2O3/c27-16-22(24(29)26-12-11-19-6-2-4-8-21(19)15-26)25-23(28)14-17-9-10-18-5-1-3-7-20(18)13-17/h1-10,13,22,27H,11-12,14-16H2,(H,25,28)/t22-/m0/s1. The molecule has 0 bridgehead atoms. The van der Waals surface area contributed by atoms with Crippen molar-refractivity contribution in [2.45, 2.75) is 25.4 Å². The third-order valence-corrected chi connectivity index (χ3v) is 5.44. The van der Waals surface area contributed by atoms with E-state index in [0.29, 0.717) is 13.1 Å². The largest absolute Gasteiger partial charge is 0.394 e. The van der Waals surface area contributed by atoms with Gasteiger partial charge in [-0.2, -0.15) is 0 Å². The fourth-order valence-electron chi connectivity index (χ4n) is 3.87. The summed E-state index contributed by atoms with van der Waals surface area (Å²) in [4.78, 5) is 27.1. The Morgan fingerprint density at radius 3 is 2.48 bits per heavy atom. The van der Waals surface area contributed by atoms with E-state index in [1.165, 1.54) is 5.56 Å². The first-order valence-corrected chi connectivity index (χ1v) is 9.87. The summed E-state index contributed by atoms with van der Waals surface area (Å²) in [5.41, 5.74) is 3.24. The van der Waals surface area contributed by atoms with Crippen molar-refractivity contribution in [2.24, 2.45) is 0 Å². The lowest BCUT2D eigenvalue weighted by molar-refractivity contribution is -0.138. The number of hydrogen-bond acceptors (Lipinski definition) is 3. The number of benzene rings is 3. The van der Waals surface area contributed by atoms with E-state index in [4.69, 9.17) is 0 Å². The van der Waals surface area contributed by atoms with Gasteiger partial charge in [-0.3, -0.25) is 9.59 Å². The molecule has 0 aromatic heterocycles. The molecule has 3 aromatic rings. The summed E-state index contributed by atoms with van der Waals surface area (Å²) in [5.74, 6) is -0.515. The van der Waals surface area contributed by atoms with E-state index in [1.807, 2.05) is 60.7 Å². The van der Waals surface area contributed by atoms with Crippen LogP contribution in [-0.4, -0.2) is 41.0 Å². The molecular formula is C24H24N2O3. The Labute approximate surface area is 170 Å². The van der Waals surface area contributed by atoms with Crippen LogP contribution >= 0.6 is 0 Å². The Balaban J connectivity index is 1.40. The Bertz CT molecular complexity index is 1050. The van der Waals surface area contributed by atoms with Gasteiger partial charge in [0.1, 0.15) is 6.04 Å². The molecule has 0 unspecified atom stereocenters. The number of rotatable bonds is 5. The number of aliphatic hydroxyl groups is 1. The Morgan fingerprint density at radius 1 is 0.966 bits per heavy atom. The molecule has 2 N–H and O–H groups in total. The highest BCUT2D eigenvalue weighted by atomic mass is 16.3. The van der Waals surface area contributed by atoms with E-state index in [-0.39, 0.29) is 18.2 Å². The molecule has 148 valence electrons. The van der Waals surface area contributed by atoms with Crippen molar-refractivity contribution in [1.82, 2.24) is 10.2 Å². The predicted molar refractivity (Wildman–Crippen MR) is 112 cm³/mol. The number of amides is 2. The number of hydrogen-bond donors (Lipinski definition) is 2. The molecule has 3 aromatic carbocycles. The van der Waals surface area contributed by atoms with Gasteiger partial charge in [-0.15, -0.1) is 0 Å². The van der Waals surface area contributed by atoms with Crippen molar-refractivity contribution in [2.75, 3.05) is 13.2 Å². The molecular weight excluding hydrogens is 364 g/mol. The lowest BCUT2D eigenvalue weighted by atomic mass is 9.99. The SMILES string of the molecule is O=C(Cc1ccc2ccccc2c1)N[C@@H](CO)C(=O)N1CCc2ccccc2C1. The highest BCUT2D eigenvalue weighted by Crippen LogP contribution is 2.19. The molecule has 0 radical (unpaired) electrons. The first-order chi connectivity index (χ1) is 14.1. The molecule has 1 heterocycles. The van der Waals surface area contributed by atoms with Crippen molar-refractivity contribution in [3.63, 3.8) is 0 Å². The molecule has 0 saturated carbocycles. The van der Waals surface area contributed by atoms with Crippen molar-refractivity contribution in [3.8, 4) is 0 Å². The minimum atomic E-state index is -0.923. The first-order valence-electron chi connectivity index (χ1n) is 9.87. The van der Waals surface area contributed by atoms with Gasteiger partial charge < -0.3 is 15.3 Å². The van der Waals surface area contributed by atoms with Gasteiger partial charge in [0.25, 0.3) is 0 Å². The van der Waals surface area contributed by atoms with E-state index in [2.05, 4.69) is 11.4 Å². The number of nitrogens with zero attached hydrogens (tertiary/aromatic N) is 1. The smallest absolute Gasteiger partial charge is 0.247 e. The van der Waals surface area contributed by atoms with Crippen molar-refractivity contribution < 1.29 is 14.7 Å². The van der Waals surface area contributed by atoms with Gasteiger partial charge in [0, 0.05) is 13.1 Å². The maximum absolute atomic E-state index is 12.9. The lowest BCUT2D eigenvalue weighted by Gasteiger charge is -2.31. The number of nitrogens with one attached hydrogen (secondary N) is 1. The summed E-state index contributed by atoms with van der Waals surface area (Å²) in [5, 5.41) is 14.6. The van der Waals surface area contributed by atoms with E-state index in [1.54, 1.807) is 4.90 Å². The summed E-state index contributed by atoms with van der Waals surface area (Å²) in [6.45, 7) is 0.680. The Kier molecular flexibility index (Phi) is 5.58. The summed E-state index contributed by atoms with van der Waals surface area (Å²) < 4.78 is 0. The monoisotopic (exact) mass is 388 g/mol. The van der Waals surface area contributed by atoms with Gasteiger partial charge in [-0.25, -0.2) is 0 Å². The first kappa shape index (κ1) is 19.2. The van der Waals surface area contributed by atoms with E-state index >= 15 is 0 Å². The normalized spacial score (nSPS) is 14.3. The summed E-state index contributed by atoms with van der Waals surface area (Å²) in [7, 11) is 0. The van der Waals surface area contributed by atoms with Crippen LogP contribution in [0.15, 0.2) is 66.7 Å². The van der Waals surface area contributed by atoms with Crippen LogP contribution in [0.3, 0.4) is 0 Å². The maximum atomic E-state index is 12.9. The quantitative estimate of drug-likeness (QED) is 0.705. The van der Waals surface area contributed by atoms with Crippen LogP contribution in [0.4, 0.5) is 0 Å². The number of carbonyl (C=O) groups excluding carboxylic acids is 2. The zero-order valence-electron chi connectivity index (χ0n) is 16.2. The Hall–Kier alpha value is -3.18. The van der Waals surface area contributed by atoms with Gasteiger partial charge in [0.05, 0.1) is 13.0 Å². The van der Waals surface area contributed by atoms with Crippen LogP contribution in [0.1, 0.15) is 16.7 Å². The van der Waals surface area contributed by atoms with Gasteiger partial charge >= 0.3 is 0 Å². The molecule has 1 aliphatic heterocycles. The zero-order valence-corrected chi connectivity index (χ0v) is 16.2. The van der Waals surface area contributed by atoms with Crippen LogP contribution in [0.5, 0.6) is 0 Å². The lowest BCUT2D eigenvalue weighted by Crippen LogP contribution is -2.51. The van der Waals surface area contributed by atoms with Gasteiger partial charge in [0.15, 0.2) is 0 Å². The minimum Gasteiger partial charge on any atom is -0.394 e. The molecule has 29 heavy (non-hydrogen) atoms. The highest BCUT2D eigenvalue weighted by Gasteiger charge is 2.28. The van der Waals surface area contributed by atoms with E-state index in [0.717, 1.165) is 28.3 Å². The van der Waals surface area contributed by atoms with E-state index in [9.17, 15) is 14.7 Å². The summed E-state index contributed by atoms with van der Waals surface area (Å²) >= 11 is 0. The summed E-state index contributed by atoms with van der Waals surface area (Å²) in [6, 6.07) is 21.0. The number of fused-ring (bicyclic) bond motifs is 2. The van der Waals surface area contributed by atoms with Crippen LogP contribution in [-0.2, 0) is 29.0 Å². The molecule has 2 amide bonds. The topological polar surface area (TPSA) is 69.6 Å². The van der Waals surface area contributed by atoms with Crippen molar-refractivity contribution in [3.05, 3.63) is 83.4 Å². The molecule has 0 saturated heterocycles. The van der Waals surface area contributed by atoms with Gasteiger partial charge in [0.2, 0.25) is 11.8 Å². The third-order valence-electron chi connectivity index (χ3n) is 5.44. The molecule has 0 aliphatic carbocycles. The minimum absolute atomic E-state index is 0.164. The Morgan fingerprint density at radius 2 is 1.69 bits per heavy atom. The average Bonchev–Trinajstić information content (AvgIpc) is 2.76. The average molecular weight is 388 g/mol. The van der Waals surface area contributed by atoms with Crippen LogP contribution in [0, 0.1) is 0 Å². The number of carbonyl (C=O) groups is 2. The molecule has 1 aliphatic rings. The predicted octanol–water partition coefficient (Wildman–Crippen LogP) is 2.44. The maximum Gasteiger partial charge on any atom is 0.247 e. The van der Waals surface area contributed by atoms with Crippen LogP contribution in [0.25, 0.3) is 10.8 Å². The fourth-order valence-corrected chi connectivity index (χ4v) is 3.87. The molecule has 5 heteroatoms. The molecule has 0 fully saturated rings. The second-order valence-corrected chi connectivity index (χ2v) is 7.44. The van der Waals surface area contributed by atoms with Gasteiger partial charge in [-0.1, -0.05) is 66.7 Å². The molecule has 5 nitrogen and oxygen atoms in total. The zero-order chi connectivity index (χ0) is 20.2. The third kappa shape index (κ3) is 4.30. The molecule has 4 rings (SSSR count). The highest BCUT2D eigenvalue weighted by molar-refractivity contribution is 5.89. The fraction of sp³-hybridized carbons (Fsp3) is 0.250. The van der Waals surface area contributed by atoms with Gasteiger partial charge in [-0.05, 0) is 33.9 Å². The van der Waals surface area contributed by atoms with E-state index < -0.39 is 12.6 Å². The molecule has 0 spiro atoms.